The number of carbonyl (C=O) groups is 2. The first-order chi connectivity index (χ1) is 7.84. The minimum Gasteiger partial charge on any atom is -0.478 e. The lowest BCUT2D eigenvalue weighted by Crippen LogP contribution is -2.44. The van der Waals surface area contributed by atoms with Crippen LogP contribution in [0.4, 0.5) is 0 Å². The third-order valence-electron chi connectivity index (χ3n) is 2.69. The number of carboxylic acids is 1. The molecule has 0 aliphatic carbocycles. The number of aromatic carboxylic acids is 1. The molecule has 0 saturated carbocycles. The van der Waals surface area contributed by atoms with Crippen LogP contribution in [-0.2, 0) is 11.3 Å². The number of nitrogens with zero attached hydrogens (tertiary/aromatic N) is 1. The molecule has 17 heavy (non-hydrogen) atoms. The molecule has 0 atom stereocenters. The van der Waals surface area contributed by atoms with Crippen LogP contribution in [0, 0.1) is 0 Å². The first kappa shape index (κ1) is 13.3. The van der Waals surface area contributed by atoms with Crippen LogP contribution in [0.5, 0.6) is 0 Å². The Morgan fingerprint density at radius 1 is 1.47 bits per heavy atom. The molecular formula is C12H18N2O3. The van der Waals surface area contributed by atoms with Crippen molar-refractivity contribution >= 4 is 11.9 Å². The van der Waals surface area contributed by atoms with Crippen LogP contribution < -0.4 is 5.32 Å². The molecule has 0 aliphatic rings. The van der Waals surface area contributed by atoms with Gasteiger partial charge >= 0.3 is 5.97 Å². The molecule has 1 aromatic heterocycles. The van der Waals surface area contributed by atoms with Crippen molar-refractivity contribution in [1.82, 2.24) is 9.88 Å². The largest absolute Gasteiger partial charge is 0.478 e. The van der Waals surface area contributed by atoms with Gasteiger partial charge in [0.2, 0.25) is 5.91 Å². The SMILES string of the molecule is CCC(C)(C)NC(=O)Cn1ccc(C(=O)O)c1. The number of carboxylic acid groups (broad SMARTS) is 1. The number of nitrogens with one attached hydrogen (secondary N) is 1. The Balaban J connectivity index is 2.59. The maximum Gasteiger partial charge on any atom is 0.337 e. The van der Waals surface area contributed by atoms with E-state index in [9.17, 15) is 9.59 Å². The smallest absolute Gasteiger partial charge is 0.337 e. The number of hydrogen-bond donors (Lipinski definition) is 2. The van der Waals surface area contributed by atoms with Gasteiger partial charge in [0.05, 0.1) is 5.56 Å². The summed E-state index contributed by atoms with van der Waals surface area (Å²) < 4.78 is 1.56. The van der Waals surface area contributed by atoms with Gasteiger partial charge in [0, 0.05) is 17.9 Å². The highest BCUT2D eigenvalue weighted by Crippen LogP contribution is 2.07. The molecule has 1 rings (SSSR count). The predicted molar refractivity (Wildman–Crippen MR) is 63.9 cm³/mol. The fourth-order valence-corrected chi connectivity index (χ4v) is 1.34. The molecule has 1 aromatic rings. The van der Waals surface area contributed by atoms with Gasteiger partial charge in [-0.2, -0.15) is 0 Å². The van der Waals surface area contributed by atoms with Crippen LogP contribution in [0.15, 0.2) is 18.5 Å². The van der Waals surface area contributed by atoms with Crippen molar-refractivity contribution in [2.75, 3.05) is 0 Å². The van der Waals surface area contributed by atoms with Gasteiger partial charge in [0.25, 0.3) is 0 Å². The fourth-order valence-electron chi connectivity index (χ4n) is 1.34. The summed E-state index contributed by atoms with van der Waals surface area (Å²) in [7, 11) is 0. The molecule has 5 heteroatoms. The molecule has 0 aromatic carbocycles. The Labute approximate surface area is 100 Å². The Hall–Kier alpha value is -1.78. The van der Waals surface area contributed by atoms with Crippen molar-refractivity contribution < 1.29 is 14.7 Å². The van der Waals surface area contributed by atoms with Gasteiger partial charge in [-0.1, -0.05) is 6.92 Å². The average Bonchev–Trinajstić information content (AvgIpc) is 2.65. The van der Waals surface area contributed by atoms with Crippen LogP contribution in [0.1, 0.15) is 37.6 Å². The van der Waals surface area contributed by atoms with Gasteiger partial charge in [-0.15, -0.1) is 0 Å². The van der Waals surface area contributed by atoms with Crippen LogP contribution >= 0.6 is 0 Å². The van der Waals surface area contributed by atoms with Crippen molar-refractivity contribution in [3.63, 3.8) is 0 Å². The maximum absolute atomic E-state index is 11.7. The summed E-state index contributed by atoms with van der Waals surface area (Å²) in [6.07, 6.45) is 3.87. The van der Waals surface area contributed by atoms with Crippen LogP contribution in [0.2, 0.25) is 0 Å². The number of rotatable bonds is 5. The zero-order valence-electron chi connectivity index (χ0n) is 10.4. The van der Waals surface area contributed by atoms with Crippen LogP contribution in [-0.4, -0.2) is 27.1 Å². The molecule has 1 heterocycles. The quantitative estimate of drug-likeness (QED) is 0.816. The second-order valence-electron chi connectivity index (χ2n) is 4.66. The molecule has 0 unspecified atom stereocenters. The summed E-state index contributed by atoms with van der Waals surface area (Å²) in [5.74, 6) is -1.11. The van der Waals surface area contributed by atoms with E-state index in [2.05, 4.69) is 5.32 Å². The van der Waals surface area contributed by atoms with E-state index in [1.165, 1.54) is 12.3 Å². The first-order valence-corrected chi connectivity index (χ1v) is 5.54. The Kier molecular flexibility index (Phi) is 3.93. The molecule has 0 fully saturated rings. The summed E-state index contributed by atoms with van der Waals surface area (Å²) in [5.41, 5.74) is -0.0487. The predicted octanol–water partition coefficient (Wildman–Crippen LogP) is 1.49. The standard InChI is InChI=1S/C12H18N2O3/c1-4-12(2,3)13-10(15)8-14-6-5-9(7-14)11(16)17/h5-7H,4,8H2,1-3H3,(H,13,15)(H,16,17). The van der Waals surface area contributed by atoms with Crippen molar-refractivity contribution in [3.05, 3.63) is 24.0 Å². The minimum absolute atomic E-state index is 0.121. The van der Waals surface area contributed by atoms with Crippen LogP contribution in [0.25, 0.3) is 0 Å². The van der Waals surface area contributed by atoms with E-state index in [4.69, 9.17) is 5.11 Å². The third-order valence-corrected chi connectivity index (χ3v) is 2.69. The van der Waals surface area contributed by atoms with Gasteiger partial charge in [0.15, 0.2) is 0 Å². The van der Waals surface area contributed by atoms with Crippen LogP contribution in [0.3, 0.4) is 0 Å². The summed E-state index contributed by atoms with van der Waals surface area (Å²) in [4.78, 5) is 22.3. The molecule has 0 aliphatic heterocycles. The van der Waals surface area contributed by atoms with Crippen molar-refractivity contribution in [3.8, 4) is 0 Å². The zero-order chi connectivity index (χ0) is 13.1. The minimum atomic E-state index is -0.988. The zero-order valence-corrected chi connectivity index (χ0v) is 10.4. The molecule has 0 radical (unpaired) electrons. The molecule has 5 nitrogen and oxygen atoms in total. The molecule has 2 N–H and O–H groups in total. The van der Waals surface area contributed by atoms with E-state index >= 15 is 0 Å². The van der Waals surface area contributed by atoms with Crippen molar-refractivity contribution in [1.29, 1.82) is 0 Å². The van der Waals surface area contributed by atoms with E-state index in [0.29, 0.717) is 0 Å². The summed E-state index contributed by atoms with van der Waals surface area (Å²) in [6.45, 7) is 6.03. The molecule has 94 valence electrons. The molecule has 1 amide bonds. The van der Waals surface area contributed by atoms with Gasteiger partial charge < -0.3 is 15.0 Å². The lowest BCUT2D eigenvalue weighted by Gasteiger charge is -2.24. The van der Waals surface area contributed by atoms with E-state index < -0.39 is 5.97 Å². The van der Waals surface area contributed by atoms with E-state index in [0.717, 1.165) is 6.42 Å². The number of amides is 1. The van der Waals surface area contributed by atoms with Gasteiger partial charge in [0.1, 0.15) is 6.54 Å². The summed E-state index contributed by atoms with van der Waals surface area (Å²) in [6, 6.07) is 1.47. The molecule has 0 spiro atoms. The Morgan fingerprint density at radius 2 is 2.12 bits per heavy atom. The normalized spacial score (nSPS) is 11.2. The summed E-state index contributed by atoms with van der Waals surface area (Å²) in [5, 5.41) is 11.6. The third kappa shape index (κ3) is 3.94. The van der Waals surface area contributed by atoms with E-state index in [-0.39, 0.29) is 23.6 Å². The van der Waals surface area contributed by atoms with Gasteiger partial charge in [-0.25, -0.2) is 4.79 Å². The van der Waals surface area contributed by atoms with Crippen molar-refractivity contribution in [2.24, 2.45) is 0 Å². The topological polar surface area (TPSA) is 71.3 Å². The number of aromatic nitrogens is 1. The summed E-state index contributed by atoms with van der Waals surface area (Å²) >= 11 is 0. The fraction of sp³-hybridized carbons (Fsp3) is 0.500. The molecule has 0 saturated heterocycles. The van der Waals surface area contributed by atoms with E-state index in [1.54, 1.807) is 10.8 Å². The first-order valence-electron chi connectivity index (χ1n) is 5.54. The Bertz CT molecular complexity index is 421. The lowest BCUT2D eigenvalue weighted by molar-refractivity contribution is -0.123. The van der Waals surface area contributed by atoms with Crippen molar-refractivity contribution in [2.45, 2.75) is 39.3 Å². The van der Waals surface area contributed by atoms with E-state index in [1.807, 2.05) is 20.8 Å². The molecular weight excluding hydrogens is 220 g/mol. The maximum atomic E-state index is 11.7. The molecule has 0 bridgehead atoms. The average molecular weight is 238 g/mol. The van der Waals surface area contributed by atoms with Gasteiger partial charge in [-0.3, -0.25) is 4.79 Å². The second-order valence-corrected chi connectivity index (χ2v) is 4.66. The monoisotopic (exact) mass is 238 g/mol. The number of hydrogen-bond acceptors (Lipinski definition) is 2. The highest BCUT2D eigenvalue weighted by Gasteiger charge is 2.17. The van der Waals surface area contributed by atoms with Gasteiger partial charge in [-0.05, 0) is 26.3 Å². The second kappa shape index (κ2) is 5.03. The highest BCUT2D eigenvalue weighted by atomic mass is 16.4. The lowest BCUT2D eigenvalue weighted by atomic mass is 10.0. The Morgan fingerprint density at radius 3 is 2.59 bits per heavy atom. The number of carbonyl (C=O) groups excluding carboxylic acids is 1. The highest BCUT2D eigenvalue weighted by molar-refractivity contribution is 5.87.